The highest BCUT2D eigenvalue weighted by atomic mass is 32.1. The van der Waals surface area contributed by atoms with Crippen LogP contribution in [0.2, 0.25) is 0 Å². The number of aliphatic carboxylic acids is 1. The van der Waals surface area contributed by atoms with E-state index in [2.05, 4.69) is 15.2 Å². The third-order valence-electron chi connectivity index (χ3n) is 10.7. The molecule has 1 aliphatic rings. The number of nitrogens with one attached hydrogen (secondary N) is 1. The van der Waals surface area contributed by atoms with E-state index < -0.39 is 47.5 Å². The largest absolute Gasteiger partial charge is 0.481 e. The first-order chi connectivity index (χ1) is 25.9. The summed E-state index contributed by atoms with van der Waals surface area (Å²) in [5.74, 6) is -3.95. The topological polar surface area (TPSA) is 146 Å². The molecule has 0 radical (unpaired) electrons. The van der Waals surface area contributed by atoms with E-state index in [4.69, 9.17) is 4.74 Å². The maximum Gasteiger partial charge on any atom is 0.416 e. The molecular formula is C40H57F3N4O7S. The van der Waals surface area contributed by atoms with E-state index in [-0.39, 0.29) is 84.9 Å². The first-order valence-corrected chi connectivity index (χ1v) is 20.0. The van der Waals surface area contributed by atoms with Gasteiger partial charge in [-0.2, -0.15) is 13.2 Å². The lowest BCUT2D eigenvalue weighted by Crippen LogP contribution is -2.51. The zero-order valence-corrected chi connectivity index (χ0v) is 33.8. The molecule has 3 rings (SSSR count). The number of hydrogen-bond acceptors (Lipinski definition) is 9. The molecule has 3 unspecified atom stereocenters. The molecule has 15 heteroatoms. The molecule has 1 aromatic heterocycles. The maximum atomic E-state index is 14.5. The van der Waals surface area contributed by atoms with Gasteiger partial charge in [-0.25, -0.2) is 4.98 Å². The molecule has 11 nitrogen and oxygen atoms in total. The van der Waals surface area contributed by atoms with Crippen LogP contribution in [0.25, 0.3) is 0 Å². The summed E-state index contributed by atoms with van der Waals surface area (Å²) >= 11 is 0.971. The zero-order valence-electron chi connectivity index (χ0n) is 33.0. The molecule has 6 atom stereocenters. The number of aromatic nitrogens is 1. The summed E-state index contributed by atoms with van der Waals surface area (Å²) < 4.78 is 44.6. The Kier molecular flexibility index (Phi) is 17.5. The van der Waals surface area contributed by atoms with Gasteiger partial charge in [-0.1, -0.05) is 59.6 Å². The van der Waals surface area contributed by atoms with Crippen molar-refractivity contribution < 1.29 is 47.0 Å². The van der Waals surface area contributed by atoms with Gasteiger partial charge in [0.25, 0.3) is 5.91 Å². The Labute approximate surface area is 326 Å². The van der Waals surface area contributed by atoms with Crippen LogP contribution >= 0.6 is 11.3 Å². The highest BCUT2D eigenvalue weighted by Gasteiger charge is 2.38. The Bertz CT molecular complexity index is 1600. The number of carboxylic acid groups (broad SMARTS) is 1. The van der Waals surface area contributed by atoms with E-state index in [0.29, 0.717) is 12.0 Å². The third-order valence-corrected chi connectivity index (χ3v) is 11.6. The van der Waals surface area contributed by atoms with Crippen LogP contribution in [0.3, 0.4) is 0 Å². The number of likely N-dealkylation sites (tertiary alicyclic amines) is 1. The molecule has 55 heavy (non-hydrogen) atoms. The number of nitrogens with zero attached hydrogens (tertiary/aromatic N) is 3. The summed E-state index contributed by atoms with van der Waals surface area (Å²) in [4.78, 5) is 74.9. The van der Waals surface area contributed by atoms with Gasteiger partial charge in [-0.05, 0) is 68.8 Å². The molecule has 1 fully saturated rings. The van der Waals surface area contributed by atoms with Crippen LogP contribution in [0.4, 0.5) is 13.2 Å². The molecular weight excluding hydrogens is 738 g/mol. The Morgan fingerprint density at radius 2 is 1.75 bits per heavy atom. The van der Waals surface area contributed by atoms with Gasteiger partial charge in [-0.15, -0.1) is 11.3 Å². The molecule has 1 aromatic carbocycles. The number of methoxy groups -OCH3 is 1. The van der Waals surface area contributed by atoms with Gasteiger partial charge in [0.15, 0.2) is 16.6 Å². The fraction of sp³-hybridized carbons (Fsp3) is 0.650. The van der Waals surface area contributed by atoms with Crippen LogP contribution in [-0.2, 0) is 31.7 Å². The molecule has 2 amide bonds. The Morgan fingerprint density at radius 3 is 2.31 bits per heavy atom. The number of ketones is 2. The third kappa shape index (κ3) is 13.2. The standard InChI is InChI=1S/C40H57F3N4O7S/c1-8-25(4)30(21-34(48)32-11-9-10-16-46(32)6)38(51)47(17-18-54-7)33(24(2)3)22-35(49)37-45-31(23-55-37)36(50)44-29(19-26(5)39(52)53)20-27-12-14-28(15-13-27)40(41,42)43/h12-15,23-26,29-30,32-33H,8-11,16-22H2,1-7H3,(H,44,50)(H,52,53)/t25?,26-,29+,30?,32?,33+/m0/s1. The highest BCUT2D eigenvalue weighted by Crippen LogP contribution is 2.31. The quantitative estimate of drug-likeness (QED) is 0.131. The second kappa shape index (κ2) is 21.0. The van der Waals surface area contributed by atoms with Gasteiger partial charge >= 0.3 is 12.1 Å². The van der Waals surface area contributed by atoms with Crippen molar-refractivity contribution in [2.24, 2.45) is 23.7 Å². The lowest BCUT2D eigenvalue weighted by molar-refractivity contribution is -0.144. The van der Waals surface area contributed by atoms with E-state index >= 15 is 0 Å². The number of alkyl halides is 3. The number of carbonyl (C=O) groups excluding carboxylic acids is 4. The van der Waals surface area contributed by atoms with Crippen LogP contribution in [0, 0.1) is 23.7 Å². The van der Waals surface area contributed by atoms with Crippen LogP contribution in [0.1, 0.15) is 111 Å². The number of ether oxygens (including phenoxy) is 1. The second-order valence-corrected chi connectivity index (χ2v) is 16.1. The number of carbonyl (C=O) groups is 5. The minimum Gasteiger partial charge on any atom is -0.481 e. The summed E-state index contributed by atoms with van der Waals surface area (Å²) in [6, 6.07) is 2.91. The number of Topliss-reactive ketones (excluding diaryl/α,β-unsaturated/α-hetero) is 2. The first kappa shape index (κ1) is 45.7. The number of hydrogen-bond donors (Lipinski definition) is 2. The van der Waals surface area contributed by atoms with Crippen molar-refractivity contribution in [3.8, 4) is 0 Å². The van der Waals surface area contributed by atoms with Gasteiger partial charge < -0.3 is 20.1 Å². The van der Waals surface area contributed by atoms with Crippen molar-refractivity contribution in [3.63, 3.8) is 0 Å². The lowest BCUT2D eigenvalue weighted by Gasteiger charge is -2.38. The van der Waals surface area contributed by atoms with Crippen molar-refractivity contribution >= 4 is 40.7 Å². The van der Waals surface area contributed by atoms with Crippen molar-refractivity contribution in [2.45, 2.75) is 110 Å². The molecule has 2 heterocycles. The fourth-order valence-corrected chi connectivity index (χ4v) is 7.83. The van der Waals surface area contributed by atoms with Gasteiger partial charge in [0.05, 0.1) is 24.1 Å². The minimum absolute atomic E-state index is 0.0000226. The molecule has 0 bridgehead atoms. The van der Waals surface area contributed by atoms with Gasteiger partial charge in [0, 0.05) is 49.9 Å². The Morgan fingerprint density at radius 1 is 1.07 bits per heavy atom. The summed E-state index contributed by atoms with van der Waals surface area (Å²) in [5, 5.41) is 13.7. The molecule has 2 N–H and O–H groups in total. The lowest BCUT2D eigenvalue weighted by atomic mass is 9.82. The van der Waals surface area contributed by atoms with Crippen LogP contribution in [-0.4, -0.2) is 101 Å². The fourth-order valence-electron chi connectivity index (χ4n) is 7.08. The number of thiazole rings is 1. The van der Waals surface area contributed by atoms with Gasteiger partial charge in [0.1, 0.15) is 5.69 Å². The summed E-state index contributed by atoms with van der Waals surface area (Å²) in [6.45, 7) is 10.6. The molecule has 1 saturated heterocycles. The smallest absolute Gasteiger partial charge is 0.416 e. The van der Waals surface area contributed by atoms with Crippen LogP contribution in [0.15, 0.2) is 29.6 Å². The molecule has 1 aliphatic heterocycles. The van der Waals surface area contributed by atoms with Gasteiger partial charge in [0.2, 0.25) is 5.91 Å². The minimum atomic E-state index is -4.52. The molecule has 0 saturated carbocycles. The van der Waals surface area contributed by atoms with E-state index in [9.17, 15) is 42.3 Å². The van der Waals surface area contributed by atoms with Crippen molar-refractivity contribution in [2.75, 3.05) is 33.9 Å². The van der Waals surface area contributed by atoms with Crippen LogP contribution in [0.5, 0.6) is 0 Å². The van der Waals surface area contributed by atoms with Crippen molar-refractivity contribution in [3.05, 3.63) is 51.5 Å². The van der Waals surface area contributed by atoms with Crippen LogP contribution < -0.4 is 5.32 Å². The average molecular weight is 795 g/mol. The van der Waals surface area contributed by atoms with E-state index in [1.54, 1.807) is 4.90 Å². The predicted octanol–water partition coefficient (Wildman–Crippen LogP) is 6.79. The number of carboxylic acids is 1. The number of halogens is 3. The monoisotopic (exact) mass is 794 g/mol. The van der Waals surface area contributed by atoms with E-state index in [0.717, 1.165) is 49.3 Å². The number of benzene rings is 1. The molecule has 306 valence electrons. The molecule has 2 aromatic rings. The average Bonchev–Trinajstić information content (AvgIpc) is 3.64. The summed E-state index contributed by atoms with van der Waals surface area (Å²) in [7, 11) is 3.48. The molecule has 0 aliphatic carbocycles. The number of piperidine rings is 1. The summed E-state index contributed by atoms with van der Waals surface area (Å²) in [5.41, 5.74) is -0.418. The normalized spacial score (nSPS) is 17.9. The number of likely N-dealkylation sites (N-methyl/N-ethyl adjacent to an activating group) is 1. The SMILES string of the molecule is CCC(C)C(CC(=O)C1CCCCN1C)C(=O)N(CCOC)[C@H](CC(=O)c1nc(C(=O)N[C@@H](Cc2ccc(C(F)(F)F)cc2)C[C@H](C)C(=O)O)cs1)C(C)C. The molecule has 0 spiro atoms. The highest BCUT2D eigenvalue weighted by molar-refractivity contribution is 7.12. The maximum absolute atomic E-state index is 14.5. The Balaban J connectivity index is 1.80. The zero-order chi connectivity index (χ0) is 41.0. The van der Waals surface area contributed by atoms with Gasteiger partial charge in [-0.3, -0.25) is 28.9 Å². The Hall–Kier alpha value is -3.69. The van der Waals surface area contributed by atoms with Crippen molar-refractivity contribution in [1.29, 1.82) is 0 Å². The first-order valence-electron chi connectivity index (χ1n) is 19.1. The predicted molar refractivity (Wildman–Crippen MR) is 204 cm³/mol. The van der Waals surface area contributed by atoms with E-state index in [1.807, 2.05) is 34.7 Å². The van der Waals surface area contributed by atoms with Crippen molar-refractivity contribution in [1.82, 2.24) is 20.1 Å². The second-order valence-electron chi connectivity index (χ2n) is 15.2. The number of rotatable bonds is 21. The number of amides is 2. The van der Waals surface area contributed by atoms with E-state index in [1.165, 1.54) is 31.5 Å². The summed E-state index contributed by atoms with van der Waals surface area (Å²) in [6.07, 6.45) is -0.958.